The highest BCUT2D eigenvalue weighted by molar-refractivity contribution is 5.66. The van der Waals surface area contributed by atoms with Gasteiger partial charge in [0.05, 0.1) is 0 Å². The van der Waals surface area contributed by atoms with E-state index in [-0.39, 0.29) is 12.2 Å². The molecule has 2 rings (SSSR count). The first-order chi connectivity index (χ1) is 6.27. The SMILES string of the molecule is CC(=O)OC1CCN1C1CCCC1. The van der Waals surface area contributed by atoms with E-state index in [0.29, 0.717) is 6.04 Å². The summed E-state index contributed by atoms with van der Waals surface area (Å²) >= 11 is 0. The van der Waals surface area contributed by atoms with E-state index in [1.165, 1.54) is 32.6 Å². The Morgan fingerprint density at radius 2 is 2.00 bits per heavy atom. The molecule has 1 unspecified atom stereocenters. The number of nitrogens with zero attached hydrogens (tertiary/aromatic N) is 1. The van der Waals surface area contributed by atoms with Crippen LogP contribution in [0.15, 0.2) is 0 Å². The van der Waals surface area contributed by atoms with Gasteiger partial charge in [-0.25, -0.2) is 0 Å². The molecule has 3 nitrogen and oxygen atoms in total. The fraction of sp³-hybridized carbons (Fsp3) is 0.900. The maximum atomic E-state index is 10.8. The number of carbonyl (C=O) groups excluding carboxylic acids is 1. The number of hydrogen-bond donors (Lipinski definition) is 0. The number of rotatable bonds is 2. The summed E-state index contributed by atoms with van der Waals surface area (Å²) in [5.74, 6) is -0.146. The second-order valence-electron chi connectivity index (χ2n) is 4.03. The summed E-state index contributed by atoms with van der Waals surface area (Å²) in [7, 11) is 0. The normalized spacial score (nSPS) is 30.1. The monoisotopic (exact) mass is 183 g/mol. The molecule has 1 aliphatic heterocycles. The van der Waals surface area contributed by atoms with Crippen LogP contribution in [0.2, 0.25) is 0 Å². The minimum Gasteiger partial charge on any atom is -0.446 e. The standard InChI is InChI=1S/C10H17NO2/c1-8(12)13-10-6-7-11(10)9-4-2-3-5-9/h9-10H,2-7H2,1H3. The lowest BCUT2D eigenvalue weighted by Gasteiger charge is -2.43. The van der Waals surface area contributed by atoms with Gasteiger partial charge >= 0.3 is 5.97 Å². The van der Waals surface area contributed by atoms with Gasteiger partial charge in [-0.15, -0.1) is 0 Å². The van der Waals surface area contributed by atoms with Gasteiger partial charge < -0.3 is 4.74 Å². The highest BCUT2D eigenvalue weighted by atomic mass is 16.6. The van der Waals surface area contributed by atoms with Crippen molar-refractivity contribution in [3.8, 4) is 0 Å². The van der Waals surface area contributed by atoms with Gasteiger partial charge in [0.15, 0.2) is 6.23 Å². The fourth-order valence-electron chi connectivity index (χ4n) is 2.36. The lowest BCUT2D eigenvalue weighted by atomic mass is 10.1. The van der Waals surface area contributed by atoms with E-state index in [9.17, 15) is 4.79 Å². The summed E-state index contributed by atoms with van der Waals surface area (Å²) in [5, 5.41) is 0. The molecule has 74 valence electrons. The molecule has 0 amide bonds. The molecule has 0 aromatic carbocycles. The lowest BCUT2D eigenvalue weighted by molar-refractivity contribution is -0.175. The van der Waals surface area contributed by atoms with Gasteiger partial charge in [0.25, 0.3) is 0 Å². The first kappa shape index (κ1) is 9.00. The van der Waals surface area contributed by atoms with Crippen molar-refractivity contribution in [1.82, 2.24) is 4.90 Å². The molecule has 3 heteroatoms. The van der Waals surface area contributed by atoms with E-state index in [1.807, 2.05) is 0 Å². The third-order valence-corrected chi connectivity index (χ3v) is 3.10. The summed E-state index contributed by atoms with van der Waals surface area (Å²) in [5.41, 5.74) is 0. The highest BCUT2D eigenvalue weighted by Crippen LogP contribution is 2.31. The van der Waals surface area contributed by atoms with Crippen LogP contribution in [-0.4, -0.2) is 29.7 Å². The first-order valence-electron chi connectivity index (χ1n) is 5.20. The van der Waals surface area contributed by atoms with Crippen molar-refractivity contribution >= 4 is 5.97 Å². The number of hydrogen-bond acceptors (Lipinski definition) is 3. The smallest absolute Gasteiger partial charge is 0.304 e. The Kier molecular flexibility index (Phi) is 2.54. The van der Waals surface area contributed by atoms with E-state index in [2.05, 4.69) is 4.90 Å². The van der Waals surface area contributed by atoms with Gasteiger partial charge in [0.1, 0.15) is 0 Å². The van der Waals surface area contributed by atoms with Crippen LogP contribution in [-0.2, 0) is 9.53 Å². The van der Waals surface area contributed by atoms with E-state index in [4.69, 9.17) is 4.74 Å². The molecule has 0 bridgehead atoms. The molecular formula is C10H17NO2. The third-order valence-electron chi connectivity index (χ3n) is 3.10. The predicted molar refractivity (Wildman–Crippen MR) is 49.1 cm³/mol. The molecule has 1 heterocycles. The molecule has 0 N–H and O–H groups in total. The molecule has 2 fully saturated rings. The molecule has 1 saturated heterocycles. The minimum absolute atomic E-state index is 0.0978. The van der Waals surface area contributed by atoms with E-state index in [0.717, 1.165) is 13.0 Å². The van der Waals surface area contributed by atoms with Crippen molar-refractivity contribution in [3.63, 3.8) is 0 Å². The largest absolute Gasteiger partial charge is 0.446 e. The van der Waals surface area contributed by atoms with Crippen LogP contribution in [0.5, 0.6) is 0 Å². The highest BCUT2D eigenvalue weighted by Gasteiger charge is 2.36. The minimum atomic E-state index is -0.146. The van der Waals surface area contributed by atoms with Crippen LogP contribution >= 0.6 is 0 Å². The van der Waals surface area contributed by atoms with Crippen LogP contribution < -0.4 is 0 Å². The van der Waals surface area contributed by atoms with Gasteiger partial charge in [0.2, 0.25) is 0 Å². The summed E-state index contributed by atoms with van der Waals surface area (Å²) < 4.78 is 5.20. The molecule has 0 aromatic heterocycles. The molecule has 1 aliphatic carbocycles. The average molecular weight is 183 g/mol. The van der Waals surface area contributed by atoms with Crippen molar-refractivity contribution < 1.29 is 9.53 Å². The van der Waals surface area contributed by atoms with Gasteiger partial charge in [-0.3, -0.25) is 9.69 Å². The van der Waals surface area contributed by atoms with Gasteiger partial charge in [-0.2, -0.15) is 0 Å². The summed E-state index contributed by atoms with van der Waals surface area (Å²) in [6, 6.07) is 0.693. The molecule has 1 atom stereocenters. The maximum Gasteiger partial charge on any atom is 0.304 e. The number of esters is 1. The Bertz CT molecular complexity index is 199. The second kappa shape index (κ2) is 3.66. The van der Waals surface area contributed by atoms with Crippen LogP contribution in [0, 0.1) is 0 Å². The Labute approximate surface area is 79.0 Å². The molecule has 0 spiro atoms. The summed E-state index contributed by atoms with van der Waals surface area (Å²) in [4.78, 5) is 13.1. The van der Waals surface area contributed by atoms with Crippen molar-refractivity contribution in [2.75, 3.05) is 6.54 Å². The number of ether oxygens (including phenoxy) is 1. The predicted octanol–water partition coefficient (Wildman–Crippen LogP) is 1.52. The van der Waals surface area contributed by atoms with Crippen molar-refractivity contribution in [2.24, 2.45) is 0 Å². The van der Waals surface area contributed by atoms with Crippen LogP contribution in [0.25, 0.3) is 0 Å². The van der Waals surface area contributed by atoms with E-state index in [1.54, 1.807) is 0 Å². The second-order valence-corrected chi connectivity index (χ2v) is 4.03. The molecule has 2 aliphatic rings. The Morgan fingerprint density at radius 3 is 2.46 bits per heavy atom. The Morgan fingerprint density at radius 1 is 1.31 bits per heavy atom. The third kappa shape index (κ3) is 1.85. The molecule has 0 aromatic rings. The first-order valence-corrected chi connectivity index (χ1v) is 5.20. The molecular weight excluding hydrogens is 166 g/mol. The fourth-order valence-corrected chi connectivity index (χ4v) is 2.36. The zero-order valence-electron chi connectivity index (χ0n) is 8.16. The summed E-state index contributed by atoms with van der Waals surface area (Å²) in [6.07, 6.45) is 6.38. The lowest BCUT2D eigenvalue weighted by Crippen LogP contribution is -2.54. The van der Waals surface area contributed by atoms with Gasteiger partial charge in [-0.05, 0) is 12.8 Å². The molecule has 1 saturated carbocycles. The van der Waals surface area contributed by atoms with Crippen molar-refractivity contribution in [3.05, 3.63) is 0 Å². The van der Waals surface area contributed by atoms with Crippen molar-refractivity contribution in [1.29, 1.82) is 0 Å². The Hall–Kier alpha value is -0.570. The Balaban J connectivity index is 1.83. The maximum absolute atomic E-state index is 10.8. The number of carbonyl (C=O) groups is 1. The molecule has 13 heavy (non-hydrogen) atoms. The zero-order chi connectivity index (χ0) is 9.26. The molecule has 0 radical (unpaired) electrons. The van der Waals surface area contributed by atoms with E-state index < -0.39 is 0 Å². The van der Waals surface area contributed by atoms with Gasteiger partial charge in [0, 0.05) is 25.9 Å². The van der Waals surface area contributed by atoms with Crippen LogP contribution in [0.4, 0.5) is 0 Å². The van der Waals surface area contributed by atoms with E-state index >= 15 is 0 Å². The quantitative estimate of drug-likeness (QED) is 0.608. The number of likely N-dealkylation sites (tertiary alicyclic amines) is 1. The average Bonchev–Trinajstić information content (AvgIpc) is 2.51. The van der Waals surface area contributed by atoms with Crippen LogP contribution in [0.3, 0.4) is 0 Å². The topological polar surface area (TPSA) is 29.5 Å². The summed E-state index contributed by atoms with van der Waals surface area (Å²) in [6.45, 7) is 2.60. The van der Waals surface area contributed by atoms with Crippen molar-refractivity contribution in [2.45, 2.75) is 51.3 Å². The zero-order valence-corrected chi connectivity index (χ0v) is 8.16. The van der Waals surface area contributed by atoms with Gasteiger partial charge in [-0.1, -0.05) is 12.8 Å². The van der Waals surface area contributed by atoms with Crippen LogP contribution in [0.1, 0.15) is 39.0 Å².